The largest absolute Gasteiger partial charge is 0.509 e. The molecule has 6 heteroatoms. The molecule has 0 spiro atoms. The van der Waals surface area contributed by atoms with Crippen molar-refractivity contribution in [1.82, 2.24) is 9.55 Å². The molecule has 0 N–H and O–H groups in total. The molecule has 0 radical (unpaired) electrons. The number of anilines is 2. The van der Waals surface area contributed by atoms with Crippen LogP contribution in [0.25, 0.3) is 27.6 Å². The second kappa shape index (κ2) is 16.9. The van der Waals surface area contributed by atoms with Crippen LogP contribution in [0.4, 0.5) is 11.4 Å². The van der Waals surface area contributed by atoms with Crippen LogP contribution in [-0.2, 0) is 42.7 Å². The molecule has 0 amide bonds. The molecule has 6 aromatic carbocycles. The summed E-state index contributed by atoms with van der Waals surface area (Å²) in [6, 6.07) is 57.2. The fraction of sp³-hybridized carbons (Fsp3) is 0.241. The summed E-state index contributed by atoms with van der Waals surface area (Å²) < 4.78 is 9.31. The molecule has 5 nitrogen and oxygen atoms in total. The third kappa shape index (κ3) is 8.43. The van der Waals surface area contributed by atoms with Gasteiger partial charge in [-0.2, -0.15) is 0 Å². The van der Waals surface area contributed by atoms with Crippen LogP contribution >= 0.6 is 0 Å². The van der Waals surface area contributed by atoms with E-state index in [1.165, 1.54) is 27.8 Å². The Hall–Kier alpha value is -5.90. The number of pyridine rings is 1. The van der Waals surface area contributed by atoms with Crippen molar-refractivity contribution in [2.45, 2.75) is 90.9 Å². The Balaban J connectivity index is 0.00000560. The van der Waals surface area contributed by atoms with E-state index in [-0.39, 0.29) is 42.7 Å². The Bertz CT molecular complexity index is 2970. The smallest absolute Gasteiger partial charge is 0.135 e. The summed E-state index contributed by atoms with van der Waals surface area (Å²) in [5, 5.41) is 2.31. The molecule has 0 atom stereocenters. The fourth-order valence-corrected chi connectivity index (χ4v) is 8.83. The van der Waals surface area contributed by atoms with Gasteiger partial charge in [-0.05, 0) is 86.6 Å². The van der Waals surface area contributed by atoms with Gasteiger partial charge in [-0.1, -0.05) is 171 Å². The average molecular weight is 1020 g/mol. The van der Waals surface area contributed by atoms with Crippen LogP contribution in [-0.4, -0.2) is 9.55 Å². The molecular weight excluding hydrogens is 964 g/mol. The maximum atomic E-state index is 7.05. The number of rotatable bonds is 9. The number of hydrogen-bond acceptors (Lipinski definition) is 4. The van der Waals surface area contributed by atoms with E-state index >= 15 is 0 Å². The van der Waals surface area contributed by atoms with E-state index in [0.29, 0.717) is 11.5 Å². The van der Waals surface area contributed by atoms with Crippen LogP contribution in [0.15, 0.2) is 158 Å². The number of fused-ring (bicyclic) bond motifs is 3. The second-order valence-corrected chi connectivity index (χ2v) is 20.0. The topological polar surface area (TPSA) is 33.5 Å². The van der Waals surface area contributed by atoms with Gasteiger partial charge in [0.2, 0.25) is 0 Å². The van der Waals surface area contributed by atoms with E-state index in [1.54, 1.807) is 0 Å². The summed E-state index contributed by atoms with van der Waals surface area (Å²) in [5.74, 6) is 2.07. The minimum Gasteiger partial charge on any atom is -0.509 e. The van der Waals surface area contributed by atoms with E-state index in [0.717, 1.165) is 44.6 Å². The van der Waals surface area contributed by atoms with Crippen molar-refractivity contribution in [2.75, 3.05) is 9.80 Å². The van der Waals surface area contributed by atoms with Gasteiger partial charge < -0.3 is 19.1 Å². The van der Waals surface area contributed by atoms with Gasteiger partial charge in [0.25, 0.3) is 0 Å². The summed E-state index contributed by atoms with van der Waals surface area (Å²) in [6.07, 6.45) is 6.11. The van der Waals surface area contributed by atoms with Crippen molar-refractivity contribution < 1.29 is 25.8 Å². The summed E-state index contributed by atoms with van der Waals surface area (Å²) in [6.45, 7) is 24.7. The predicted molar refractivity (Wildman–Crippen MR) is 262 cm³/mol. The summed E-state index contributed by atoms with van der Waals surface area (Å²) in [4.78, 5) is 9.31. The zero-order chi connectivity index (χ0) is 44.3. The van der Waals surface area contributed by atoms with Crippen molar-refractivity contribution >= 4 is 33.2 Å². The van der Waals surface area contributed by atoms with Gasteiger partial charge in [0, 0.05) is 55.4 Å². The SMILES string of the molecule is CC(C)(C)c1ccc(N2C=CN(c3[c-]c(Oc4[c-]c5c(c(C(C)(C)C)c4)c4ccccc4n5-c4cc(C(C)(C)c5ccccc5)ccn4)cc(C(C)(C)c4ccccc4)c3)[CH-]2)cc1.[Pt]. The minimum absolute atomic E-state index is 0. The predicted octanol–water partition coefficient (Wildman–Crippen LogP) is 14.7. The molecule has 0 saturated carbocycles. The van der Waals surface area contributed by atoms with E-state index in [9.17, 15) is 0 Å². The van der Waals surface area contributed by atoms with Crippen LogP contribution in [0.2, 0.25) is 0 Å². The molecule has 0 bridgehead atoms. The van der Waals surface area contributed by atoms with Gasteiger partial charge in [0.05, 0.1) is 0 Å². The van der Waals surface area contributed by atoms with Crippen molar-refractivity contribution in [1.29, 1.82) is 0 Å². The zero-order valence-corrected chi connectivity index (χ0v) is 40.9. The van der Waals surface area contributed by atoms with Crippen molar-refractivity contribution in [3.8, 4) is 17.3 Å². The molecular formula is C58H57N4OPt-3. The number of aromatic nitrogens is 2. The number of ether oxygens (including phenoxy) is 1. The maximum absolute atomic E-state index is 7.05. The van der Waals surface area contributed by atoms with Crippen molar-refractivity contribution in [3.05, 3.63) is 210 Å². The number of nitrogens with zero attached hydrogens (tertiary/aromatic N) is 4. The van der Waals surface area contributed by atoms with E-state index in [1.807, 2.05) is 6.20 Å². The summed E-state index contributed by atoms with van der Waals surface area (Å²) in [5.41, 5.74) is 10.5. The molecule has 1 aliphatic heterocycles. The molecule has 0 unspecified atom stereocenters. The molecule has 1 aliphatic rings. The Kier molecular flexibility index (Phi) is 11.8. The standard InChI is InChI=1S/C58H57N4O.Pt/c1-55(2,3)40-25-27-45(28-26-40)60-31-32-61(39-60)46-33-44(58(9,10)42-21-15-12-16-22-42)34-47(36-46)63-48-37-50(56(4,5)6)54-49-23-17-18-24-51(49)62(52(54)38-48)53-35-43(29-30-59-53)57(7,8)41-19-13-11-14-20-41;/h11-35,37,39H,1-10H3;/q-3;. The van der Waals surface area contributed by atoms with Gasteiger partial charge in [-0.15, -0.1) is 53.8 Å². The third-order valence-electron chi connectivity index (χ3n) is 12.9. The Morgan fingerprint density at radius 3 is 1.77 bits per heavy atom. The molecule has 64 heavy (non-hydrogen) atoms. The molecule has 0 saturated heterocycles. The van der Waals surface area contributed by atoms with Gasteiger partial charge in [0.15, 0.2) is 0 Å². The van der Waals surface area contributed by atoms with Crippen LogP contribution in [0.5, 0.6) is 11.5 Å². The van der Waals surface area contributed by atoms with Crippen molar-refractivity contribution in [3.63, 3.8) is 0 Å². The fourth-order valence-electron chi connectivity index (χ4n) is 8.83. The van der Waals surface area contributed by atoms with Crippen LogP contribution in [0.3, 0.4) is 0 Å². The van der Waals surface area contributed by atoms with Gasteiger partial charge >= 0.3 is 0 Å². The molecule has 8 aromatic rings. The quantitative estimate of drug-likeness (QED) is 0.135. The summed E-state index contributed by atoms with van der Waals surface area (Å²) >= 11 is 0. The molecule has 3 heterocycles. The van der Waals surface area contributed by atoms with Crippen molar-refractivity contribution in [2.24, 2.45) is 0 Å². The first kappa shape index (κ1) is 44.7. The zero-order valence-electron chi connectivity index (χ0n) is 38.6. The van der Waals surface area contributed by atoms with Gasteiger partial charge in [-0.3, -0.25) is 0 Å². The van der Waals surface area contributed by atoms with Crippen LogP contribution in [0, 0.1) is 18.8 Å². The van der Waals surface area contributed by atoms with Crippen LogP contribution < -0.4 is 14.5 Å². The first-order valence-electron chi connectivity index (χ1n) is 22.0. The minimum atomic E-state index is -0.337. The molecule has 328 valence electrons. The van der Waals surface area contributed by atoms with E-state index < -0.39 is 0 Å². The normalized spacial score (nSPS) is 13.5. The number of benzene rings is 6. The van der Waals surface area contributed by atoms with Gasteiger partial charge in [0.1, 0.15) is 5.82 Å². The number of para-hydroxylation sites is 1. The van der Waals surface area contributed by atoms with Gasteiger partial charge in [-0.25, -0.2) is 4.98 Å². The molecule has 9 rings (SSSR count). The van der Waals surface area contributed by atoms with E-state index in [2.05, 4.69) is 254 Å². The van der Waals surface area contributed by atoms with Crippen LogP contribution in [0.1, 0.15) is 103 Å². The van der Waals surface area contributed by atoms with E-state index in [4.69, 9.17) is 9.72 Å². The number of hydrogen-bond donors (Lipinski definition) is 0. The average Bonchev–Trinajstić information content (AvgIpc) is 3.90. The second-order valence-electron chi connectivity index (χ2n) is 20.0. The Morgan fingerprint density at radius 2 is 1.12 bits per heavy atom. The molecule has 0 aliphatic carbocycles. The monoisotopic (exact) mass is 1020 g/mol. The first-order chi connectivity index (χ1) is 30.0. The Labute approximate surface area is 394 Å². The third-order valence-corrected chi connectivity index (χ3v) is 12.9. The summed E-state index contributed by atoms with van der Waals surface area (Å²) in [7, 11) is 0. The first-order valence-corrected chi connectivity index (χ1v) is 22.0. The molecule has 0 fully saturated rings. The maximum Gasteiger partial charge on any atom is 0.135 e. The Morgan fingerprint density at radius 1 is 0.531 bits per heavy atom. The molecule has 2 aromatic heterocycles.